The summed E-state index contributed by atoms with van der Waals surface area (Å²) in [6.45, 7) is 0.532. The van der Waals surface area contributed by atoms with Crippen molar-refractivity contribution in [2.75, 3.05) is 6.54 Å². The molecule has 1 aliphatic rings. The summed E-state index contributed by atoms with van der Waals surface area (Å²) in [5.74, 6) is 5.64. The van der Waals surface area contributed by atoms with E-state index in [2.05, 4.69) is 5.43 Å². The third-order valence-corrected chi connectivity index (χ3v) is 2.77. The maximum atomic E-state index is 9.66. The van der Waals surface area contributed by atoms with Crippen molar-refractivity contribution in [3.05, 3.63) is 0 Å². The summed E-state index contributed by atoms with van der Waals surface area (Å²) in [5.41, 5.74) is 2.54. The predicted octanol–water partition coefficient (Wildman–Crippen LogP) is 0.781. The zero-order valence-electron chi connectivity index (χ0n) is 7.63. The highest BCUT2D eigenvalue weighted by atomic mass is 16.3. The minimum Gasteiger partial charge on any atom is -0.391 e. The Morgan fingerprint density at radius 1 is 1.25 bits per heavy atom. The molecule has 72 valence electrons. The Labute approximate surface area is 74.3 Å². The molecule has 0 aliphatic heterocycles. The average molecular weight is 172 g/mol. The van der Waals surface area contributed by atoms with Crippen LogP contribution in [0.25, 0.3) is 0 Å². The average Bonchev–Trinajstić information content (AvgIpc) is 2.32. The van der Waals surface area contributed by atoms with Gasteiger partial charge in [0.1, 0.15) is 0 Å². The molecule has 0 spiro atoms. The third kappa shape index (κ3) is 3.09. The molecule has 1 atom stereocenters. The van der Waals surface area contributed by atoms with Crippen LogP contribution in [0, 0.1) is 5.92 Å². The summed E-state index contributed by atoms with van der Waals surface area (Å²) in [6.07, 6.45) is 7.30. The molecule has 0 aromatic carbocycles. The monoisotopic (exact) mass is 172 g/mol. The number of aliphatic hydroxyl groups is 1. The lowest BCUT2D eigenvalue weighted by molar-refractivity contribution is 0.0976. The molecule has 1 unspecified atom stereocenters. The van der Waals surface area contributed by atoms with Gasteiger partial charge in [-0.1, -0.05) is 25.7 Å². The van der Waals surface area contributed by atoms with E-state index in [9.17, 15) is 5.11 Å². The molecule has 0 radical (unpaired) electrons. The van der Waals surface area contributed by atoms with Crippen molar-refractivity contribution in [1.82, 2.24) is 5.43 Å². The van der Waals surface area contributed by atoms with Crippen molar-refractivity contribution in [2.45, 2.75) is 44.6 Å². The lowest BCUT2D eigenvalue weighted by atomic mass is 9.94. The van der Waals surface area contributed by atoms with Gasteiger partial charge in [-0.2, -0.15) is 0 Å². The molecule has 0 aromatic heterocycles. The van der Waals surface area contributed by atoms with E-state index in [1.54, 1.807) is 0 Å². The van der Waals surface area contributed by atoms with E-state index in [1.807, 2.05) is 0 Å². The van der Waals surface area contributed by atoms with Crippen LogP contribution in [-0.2, 0) is 0 Å². The van der Waals surface area contributed by atoms with E-state index in [-0.39, 0.29) is 6.10 Å². The number of hydrogen-bond donors (Lipinski definition) is 3. The van der Waals surface area contributed by atoms with Crippen LogP contribution < -0.4 is 11.3 Å². The molecule has 0 amide bonds. The van der Waals surface area contributed by atoms with Crippen LogP contribution in [0.5, 0.6) is 0 Å². The molecule has 4 N–H and O–H groups in total. The largest absolute Gasteiger partial charge is 0.391 e. The van der Waals surface area contributed by atoms with Crippen molar-refractivity contribution in [3.63, 3.8) is 0 Å². The van der Waals surface area contributed by atoms with Gasteiger partial charge in [0.05, 0.1) is 6.10 Å². The molecule has 1 aliphatic carbocycles. The number of hydrazine groups is 1. The molecule has 1 saturated carbocycles. The number of hydrogen-bond acceptors (Lipinski definition) is 3. The zero-order valence-corrected chi connectivity index (χ0v) is 7.63. The van der Waals surface area contributed by atoms with Gasteiger partial charge in [-0.05, 0) is 18.8 Å². The molecular weight excluding hydrogens is 152 g/mol. The molecule has 0 saturated heterocycles. The van der Waals surface area contributed by atoms with E-state index >= 15 is 0 Å². The fourth-order valence-corrected chi connectivity index (χ4v) is 1.98. The second kappa shape index (κ2) is 5.51. The van der Waals surface area contributed by atoms with Gasteiger partial charge in [-0.25, -0.2) is 0 Å². The second-order valence-corrected chi connectivity index (χ2v) is 3.73. The van der Waals surface area contributed by atoms with Crippen molar-refractivity contribution in [2.24, 2.45) is 11.8 Å². The summed E-state index contributed by atoms with van der Waals surface area (Å²) >= 11 is 0. The highest BCUT2D eigenvalue weighted by Crippen LogP contribution is 2.25. The maximum absolute atomic E-state index is 9.66. The van der Waals surface area contributed by atoms with E-state index in [1.165, 1.54) is 38.5 Å². The molecule has 0 aromatic rings. The smallest absolute Gasteiger partial charge is 0.0706 e. The first-order valence-electron chi connectivity index (χ1n) is 4.96. The first-order chi connectivity index (χ1) is 5.84. The summed E-state index contributed by atoms with van der Waals surface area (Å²) in [7, 11) is 0. The van der Waals surface area contributed by atoms with Crippen LogP contribution in [0.2, 0.25) is 0 Å². The van der Waals surface area contributed by atoms with Crippen molar-refractivity contribution in [1.29, 1.82) is 0 Å². The molecule has 3 nitrogen and oxygen atoms in total. The van der Waals surface area contributed by atoms with Crippen LogP contribution in [-0.4, -0.2) is 17.8 Å². The van der Waals surface area contributed by atoms with Crippen LogP contribution in [0.4, 0.5) is 0 Å². The Bertz CT molecular complexity index is 111. The number of rotatable bonds is 3. The number of nitrogens with two attached hydrogens (primary N) is 1. The van der Waals surface area contributed by atoms with Gasteiger partial charge < -0.3 is 5.11 Å². The Morgan fingerprint density at radius 3 is 2.33 bits per heavy atom. The first-order valence-corrected chi connectivity index (χ1v) is 4.96. The van der Waals surface area contributed by atoms with Gasteiger partial charge in [-0.3, -0.25) is 11.3 Å². The van der Waals surface area contributed by atoms with Crippen molar-refractivity contribution >= 4 is 0 Å². The molecule has 3 heteroatoms. The number of aliphatic hydroxyl groups excluding tert-OH is 1. The normalized spacial score (nSPS) is 23.5. The number of nitrogens with one attached hydrogen (secondary N) is 1. The topological polar surface area (TPSA) is 58.3 Å². The fraction of sp³-hybridized carbons (Fsp3) is 1.00. The predicted molar refractivity (Wildman–Crippen MR) is 49.4 cm³/mol. The Kier molecular flexibility index (Phi) is 4.58. The maximum Gasteiger partial charge on any atom is 0.0706 e. The minimum absolute atomic E-state index is 0.243. The standard InChI is InChI=1S/C9H20N2O/c10-11-7-9(12)8-5-3-1-2-4-6-8/h8-9,11-12H,1-7,10H2. The molecule has 0 heterocycles. The summed E-state index contributed by atoms with van der Waals surface area (Å²) in [6, 6.07) is 0. The van der Waals surface area contributed by atoms with Crippen molar-refractivity contribution in [3.8, 4) is 0 Å². The Hall–Kier alpha value is -0.120. The lowest BCUT2D eigenvalue weighted by Crippen LogP contribution is -2.36. The SMILES string of the molecule is NNCC(O)C1CCCCCC1. The fourth-order valence-electron chi connectivity index (χ4n) is 1.98. The molecule has 0 bridgehead atoms. The van der Waals surface area contributed by atoms with Gasteiger partial charge in [0.25, 0.3) is 0 Å². The summed E-state index contributed by atoms with van der Waals surface area (Å²) < 4.78 is 0. The van der Waals surface area contributed by atoms with Crippen molar-refractivity contribution < 1.29 is 5.11 Å². The molecule has 1 fully saturated rings. The quantitative estimate of drug-likeness (QED) is 0.335. The van der Waals surface area contributed by atoms with Crippen LogP contribution in [0.15, 0.2) is 0 Å². The van der Waals surface area contributed by atoms with Crippen LogP contribution in [0.3, 0.4) is 0 Å². The van der Waals surface area contributed by atoms with E-state index in [4.69, 9.17) is 5.84 Å². The van der Waals surface area contributed by atoms with Gasteiger partial charge in [0.15, 0.2) is 0 Å². The summed E-state index contributed by atoms with van der Waals surface area (Å²) in [4.78, 5) is 0. The highest BCUT2D eigenvalue weighted by molar-refractivity contribution is 4.72. The molecule has 1 rings (SSSR count). The third-order valence-electron chi connectivity index (χ3n) is 2.77. The summed E-state index contributed by atoms with van der Waals surface area (Å²) in [5, 5.41) is 9.66. The van der Waals surface area contributed by atoms with Gasteiger partial charge in [-0.15, -0.1) is 0 Å². The van der Waals surface area contributed by atoms with Gasteiger partial charge in [0, 0.05) is 6.54 Å². The second-order valence-electron chi connectivity index (χ2n) is 3.73. The van der Waals surface area contributed by atoms with E-state index in [0.29, 0.717) is 12.5 Å². The lowest BCUT2D eigenvalue weighted by Gasteiger charge is -2.20. The minimum atomic E-state index is -0.243. The van der Waals surface area contributed by atoms with Gasteiger partial charge >= 0.3 is 0 Å². The molecular formula is C9H20N2O. The van der Waals surface area contributed by atoms with Crippen LogP contribution in [0.1, 0.15) is 38.5 Å². The van der Waals surface area contributed by atoms with Crippen LogP contribution >= 0.6 is 0 Å². The zero-order chi connectivity index (χ0) is 8.81. The van der Waals surface area contributed by atoms with E-state index in [0.717, 1.165) is 0 Å². The van der Waals surface area contributed by atoms with Gasteiger partial charge in [0.2, 0.25) is 0 Å². The Morgan fingerprint density at radius 2 is 1.83 bits per heavy atom. The van der Waals surface area contributed by atoms with E-state index < -0.39 is 0 Å². The first kappa shape index (κ1) is 9.96. The Balaban J connectivity index is 2.27. The highest BCUT2D eigenvalue weighted by Gasteiger charge is 2.19. The molecule has 12 heavy (non-hydrogen) atoms.